The van der Waals surface area contributed by atoms with Crippen LogP contribution in [0.15, 0.2) is 48.5 Å². The van der Waals surface area contributed by atoms with Crippen molar-refractivity contribution in [3.8, 4) is 28.8 Å². The minimum absolute atomic E-state index is 0.0877. The SMILES string of the molecule is COc1nc(NCCc2ccc(OC)c(OC)c2)cc(-c2cccc(C(=O)NCCN3CCCC3)c2)n1. The van der Waals surface area contributed by atoms with Crippen molar-refractivity contribution in [2.75, 3.05) is 59.4 Å². The van der Waals surface area contributed by atoms with E-state index in [1.165, 1.54) is 20.0 Å². The number of rotatable bonds is 12. The zero-order valence-corrected chi connectivity index (χ0v) is 21.8. The van der Waals surface area contributed by atoms with Crippen LogP contribution < -0.4 is 24.8 Å². The van der Waals surface area contributed by atoms with Gasteiger partial charge in [-0.3, -0.25) is 4.79 Å². The van der Waals surface area contributed by atoms with E-state index in [0.29, 0.717) is 41.7 Å². The van der Waals surface area contributed by atoms with Gasteiger partial charge in [-0.1, -0.05) is 18.2 Å². The molecule has 1 aromatic heterocycles. The van der Waals surface area contributed by atoms with Crippen molar-refractivity contribution in [1.29, 1.82) is 0 Å². The molecule has 2 heterocycles. The number of anilines is 1. The monoisotopic (exact) mass is 505 g/mol. The third-order valence-electron chi connectivity index (χ3n) is 6.39. The zero-order chi connectivity index (χ0) is 26.0. The lowest BCUT2D eigenvalue weighted by atomic mass is 10.1. The molecule has 0 atom stereocenters. The Labute approximate surface area is 218 Å². The number of benzene rings is 2. The van der Waals surface area contributed by atoms with Crippen molar-refractivity contribution in [1.82, 2.24) is 20.2 Å². The van der Waals surface area contributed by atoms with E-state index in [4.69, 9.17) is 14.2 Å². The zero-order valence-electron chi connectivity index (χ0n) is 21.8. The summed E-state index contributed by atoms with van der Waals surface area (Å²) in [5.41, 5.74) is 3.19. The maximum atomic E-state index is 12.7. The summed E-state index contributed by atoms with van der Waals surface area (Å²) in [7, 11) is 4.79. The highest BCUT2D eigenvalue weighted by molar-refractivity contribution is 5.95. The summed E-state index contributed by atoms with van der Waals surface area (Å²) in [4.78, 5) is 24.1. The molecule has 37 heavy (non-hydrogen) atoms. The van der Waals surface area contributed by atoms with Crippen molar-refractivity contribution < 1.29 is 19.0 Å². The lowest BCUT2D eigenvalue weighted by Gasteiger charge is -2.15. The minimum Gasteiger partial charge on any atom is -0.493 e. The average Bonchev–Trinajstić information content (AvgIpc) is 3.46. The fraction of sp³-hybridized carbons (Fsp3) is 0.393. The molecule has 0 radical (unpaired) electrons. The third-order valence-corrected chi connectivity index (χ3v) is 6.39. The molecule has 2 aromatic carbocycles. The molecule has 0 saturated carbocycles. The number of nitrogens with zero attached hydrogens (tertiary/aromatic N) is 3. The number of carbonyl (C=O) groups excluding carboxylic acids is 1. The molecule has 1 aliphatic rings. The molecule has 1 aliphatic heterocycles. The first-order valence-electron chi connectivity index (χ1n) is 12.6. The molecule has 0 spiro atoms. The number of methoxy groups -OCH3 is 3. The molecule has 1 saturated heterocycles. The van der Waals surface area contributed by atoms with Gasteiger partial charge in [-0.2, -0.15) is 9.97 Å². The first kappa shape index (κ1) is 26.2. The molecule has 9 heteroatoms. The number of carbonyl (C=O) groups is 1. The summed E-state index contributed by atoms with van der Waals surface area (Å²) in [5.74, 6) is 1.95. The third kappa shape index (κ3) is 7.10. The van der Waals surface area contributed by atoms with Gasteiger partial charge in [0.05, 0.1) is 27.0 Å². The lowest BCUT2D eigenvalue weighted by molar-refractivity contribution is 0.0950. The number of amides is 1. The molecule has 3 aromatic rings. The summed E-state index contributed by atoms with van der Waals surface area (Å²) >= 11 is 0. The van der Waals surface area contributed by atoms with Gasteiger partial charge in [-0.05, 0) is 62.2 Å². The number of nitrogens with one attached hydrogen (secondary N) is 2. The molecule has 9 nitrogen and oxygen atoms in total. The highest BCUT2D eigenvalue weighted by Crippen LogP contribution is 2.28. The largest absolute Gasteiger partial charge is 0.493 e. The summed E-state index contributed by atoms with van der Waals surface area (Å²) in [6.45, 7) is 4.40. The van der Waals surface area contributed by atoms with E-state index in [9.17, 15) is 4.79 Å². The van der Waals surface area contributed by atoms with Gasteiger partial charge in [0.25, 0.3) is 5.91 Å². The standard InChI is InChI=1S/C28H35N5O4/c1-35-24-10-9-20(17-25(24)36-2)11-12-29-26-19-23(31-28(32-26)37-3)21-7-6-8-22(18-21)27(34)30-13-16-33-14-4-5-15-33/h6-10,17-19H,4-5,11-16H2,1-3H3,(H,30,34)(H,29,31,32). The van der Waals surface area contributed by atoms with Crippen LogP contribution in [0.5, 0.6) is 17.5 Å². The van der Waals surface area contributed by atoms with Crippen LogP contribution in [-0.2, 0) is 6.42 Å². The second-order valence-electron chi connectivity index (χ2n) is 8.88. The molecule has 4 rings (SSSR count). The second kappa shape index (κ2) is 12.9. The maximum Gasteiger partial charge on any atom is 0.318 e. The molecule has 0 unspecified atom stereocenters. The highest BCUT2D eigenvalue weighted by atomic mass is 16.5. The number of hydrogen-bond donors (Lipinski definition) is 2. The number of ether oxygens (including phenoxy) is 3. The normalized spacial score (nSPS) is 13.3. The first-order valence-corrected chi connectivity index (χ1v) is 12.6. The smallest absolute Gasteiger partial charge is 0.318 e. The van der Waals surface area contributed by atoms with Crippen molar-refractivity contribution in [3.63, 3.8) is 0 Å². The Balaban J connectivity index is 1.41. The quantitative estimate of drug-likeness (QED) is 0.385. The number of hydrogen-bond acceptors (Lipinski definition) is 8. The van der Waals surface area contributed by atoms with Crippen molar-refractivity contribution >= 4 is 11.7 Å². The van der Waals surface area contributed by atoms with Crippen LogP contribution in [0.2, 0.25) is 0 Å². The predicted octanol–water partition coefficient (Wildman–Crippen LogP) is 3.65. The predicted molar refractivity (Wildman–Crippen MR) is 144 cm³/mol. The first-order chi connectivity index (χ1) is 18.1. The Kier molecular flexibility index (Phi) is 9.15. The van der Waals surface area contributed by atoms with Crippen LogP contribution in [0, 0.1) is 0 Å². The van der Waals surface area contributed by atoms with Gasteiger partial charge in [0.1, 0.15) is 5.82 Å². The molecule has 2 N–H and O–H groups in total. The van der Waals surface area contributed by atoms with Crippen LogP contribution in [0.1, 0.15) is 28.8 Å². The summed E-state index contributed by atoms with van der Waals surface area (Å²) in [5, 5.41) is 6.38. The van der Waals surface area contributed by atoms with Gasteiger partial charge < -0.3 is 29.7 Å². The van der Waals surface area contributed by atoms with E-state index in [-0.39, 0.29) is 11.9 Å². The van der Waals surface area contributed by atoms with Crippen molar-refractivity contribution in [2.24, 2.45) is 0 Å². The molecule has 1 amide bonds. The van der Waals surface area contributed by atoms with E-state index in [2.05, 4.69) is 25.5 Å². The molecular weight excluding hydrogens is 470 g/mol. The number of likely N-dealkylation sites (tertiary alicyclic amines) is 1. The lowest BCUT2D eigenvalue weighted by Crippen LogP contribution is -2.33. The van der Waals surface area contributed by atoms with Gasteiger partial charge >= 0.3 is 6.01 Å². The van der Waals surface area contributed by atoms with E-state index < -0.39 is 0 Å². The Morgan fingerprint density at radius 3 is 2.49 bits per heavy atom. The summed E-state index contributed by atoms with van der Waals surface area (Å²) in [6.07, 6.45) is 3.24. The molecular formula is C28H35N5O4. The van der Waals surface area contributed by atoms with Gasteiger partial charge in [0.2, 0.25) is 0 Å². The summed E-state index contributed by atoms with van der Waals surface area (Å²) < 4.78 is 16.0. The Morgan fingerprint density at radius 2 is 1.73 bits per heavy atom. The maximum absolute atomic E-state index is 12.7. The van der Waals surface area contributed by atoms with Gasteiger partial charge in [0.15, 0.2) is 11.5 Å². The number of aromatic nitrogens is 2. The van der Waals surface area contributed by atoms with Gasteiger partial charge in [0, 0.05) is 36.8 Å². The molecule has 0 bridgehead atoms. The van der Waals surface area contributed by atoms with Crippen LogP contribution in [0.3, 0.4) is 0 Å². The van der Waals surface area contributed by atoms with E-state index in [1.54, 1.807) is 14.2 Å². The Bertz CT molecular complexity index is 1200. The average molecular weight is 506 g/mol. The van der Waals surface area contributed by atoms with Crippen molar-refractivity contribution in [3.05, 3.63) is 59.7 Å². The van der Waals surface area contributed by atoms with E-state index in [0.717, 1.165) is 37.2 Å². The van der Waals surface area contributed by atoms with Gasteiger partial charge in [-0.25, -0.2) is 0 Å². The molecule has 0 aliphatic carbocycles. The van der Waals surface area contributed by atoms with E-state index in [1.807, 2.05) is 48.5 Å². The van der Waals surface area contributed by atoms with Crippen molar-refractivity contribution in [2.45, 2.75) is 19.3 Å². The Morgan fingerprint density at radius 1 is 0.919 bits per heavy atom. The second-order valence-corrected chi connectivity index (χ2v) is 8.88. The minimum atomic E-state index is -0.0877. The fourth-order valence-electron chi connectivity index (χ4n) is 4.38. The topological polar surface area (TPSA) is 97.8 Å². The molecule has 196 valence electrons. The van der Waals surface area contributed by atoms with Gasteiger partial charge in [-0.15, -0.1) is 0 Å². The molecule has 1 fully saturated rings. The Hall–Kier alpha value is -3.85. The van der Waals surface area contributed by atoms with Crippen LogP contribution in [0.4, 0.5) is 5.82 Å². The van der Waals surface area contributed by atoms with Crippen LogP contribution >= 0.6 is 0 Å². The van der Waals surface area contributed by atoms with Crippen LogP contribution in [0.25, 0.3) is 11.3 Å². The highest BCUT2D eigenvalue weighted by Gasteiger charge is 2.13. The van der Waals surface area contributed by atoms with Crippen LogP contribution in [-0.4, -0.2) is 74.8 Å². The van der Waals surface area contributed by atoms with E-state index >= 15 is 0 Å². The fourth-order valence-corrected chi connectivity index (χ4v) is 4.38. The summed E-state index contributed by atoms with van der Waals surface area (Å²) in [6, 6.07) is 15.4.